The molecule has 0 aromatic heterocycles. The first-order valence-electron chi connectivity index (χ1n) is 6.72. The van der Waals surface area contributed by atoms with Gasteiger partial charge in [-0.15, -0.1) is 0 Å². The number of halogens is 1. The van der Waals surface area contributed by atoms with Gasteiger partial charge in [0, 0.05) is 16.8 Å². The Morgan fingerprint density at radius 2 is 1.40 bits per heavy atom. The van der Waals surface area contributed by atoms with Gasteiger partial charge in [-0.2, -0.15) is 8.42 Å². The second-order valence-corrected chi connectivity index (χ2v) is 6.82. The summed E-state index contributed by atoms with van der Waals surface area (Å²) in [5.74, 6) is -0.905. The van der Waals surface area contributed by atoms with E-state index in [0.717, 1.165) is 12.1 Å². The number of carbonyl (C=O) groups is 2. The van der Waals surface area contributed by atoms with Crippen LogP contribution in [0.25, 0.3) is 0 Å². The van der Waals surface area contributed by atoms with Crippen LogP contribution in [0, 0.1) is 0 Å². The molecule has 25 heavy (non-hydrogen) atoms. The zero-order valence-electron chi connectivity index (χ0n) is 13.0. The molecule has 0 aliphatic heterocycles. The maximum absolute atomic E-state index is 12.5. The first-order chi connectivity index (χ1) is 11.3. The van der Waals surface area contributed by atoms with E-state index < -0.39 is 21.7 Å². The van der Waals surface area contributed by atoms with Gasteiger partial charge in [0.2, 0.25) is 11.6 Å². The fourth-order valence-electron chi connectivity index (χ4n) is 2.31. The largest absolute Gasteiger partial charge is 1.00 e. The van der Waals surface area contributed by atoms with Crippen molar-refractivity contribution in [2.24, 2.45) is 0 Å². The number of ketones is 2. The van der Waals surface area contributed by atoms with Crippen molar-refractivity contribution in [3.63, 3.8) is 0 Å². The van der Waals surface area contributed by atoms with Gasteiger partial charge in [-0.25, -0.2) is 0 Å². The molecule has 2 aromatic rings. The van der Waals surface area contributed by atoms with E-state index in [0.29, 0.717) is 5.69 Å². The van der Waals surface area contributed by atoms with Gasteiger partial charge in [0.25, 0.3) is 10.1 Å². The molecule has 2 N–H and O–H groups in total. The molecule has 0 fully saturated rings. The van der Waals surface area contributed by atoms with Crippen LogP contribution < -0.4 is 34.9 Å². The molecular formula is C16H10ClNNaO5S+. The van der Waals surface area contributed by atoms with Gasteiger partial charge in [0.15, 0.2) is 0 Å². The SMILES string of the molecule is O=C1C(Cl)=C(Nc2ccc(S(=O)(=O)O)cc2)C(=O)c2ccccc21.[Na+]. The number of benzene rings is 2. The quantitative estimate of drug-likeness (QED) is 0.563. The number of hydrogen-bond acceptors (Lipinski definition) is 5. The molecule has 0 heterocycles. The molecule has 0 radical (unpaired) electrons. The van der Waals surface area contributed by atoms with Crippen molar-refractivity contribution in [2.45, 2.75) is 4.90 Å². The molecule has 6 nitrogen and oxygen atoms in total. The van der Waals surface area contributed by atoms with Crippen molar-refractivity contribution < 1.29 is 52.1 Å². The van der Waals surface area contributed by atoms with Crippen LogP contribution in [-0.2, 0) is 10.1 Å². The van der Waals surface area contributed by atoms with Crippen LogP contribution in [0.4, 0.5) is 5.69 Å². The van der Waals surface area contributed by atoms with E-state index in [1.54, 1.807) is 12.1 Å². The molecular weight excluding hydrogens is 377 g/mol. The third-order valence-corrected chi connectivity index (χ3v) is 4.71. The standard InChI is InChI=1S/C16H10ClNO5S.Na/c17-13-14(16(20)12-4-2-1-3-11(12)15(13)19)18-9-5-7-10(8-6-9)24(21,22)23;/h1-8,18H,(H,21,22,23);/q;+1. The van der Waals surface area contributed by atoms with Gasteiger partial charge >= 0.3 is 29.6 Å². The molecule has 0 bridgehead atoms. The van der Waals surface area contributed by atoms with E-state index in [9.17, 15) is 18.0 Å². The topological polar surface area (TPSA) is 101 Å². The predicted molar refractivity (Wildman–Crippen MR) is 87.9 cm³/mol. The molecule has 122 valence electrons. The van der Waals surface area contributed by atoms with E-state index in [-0.39, 0.29) is 56.3 Å². The van der Waals surface area contributed by atoms with Crippen LogP contribution in [0.15, 0.2) is 64.2 Å². The average molecular weight is 387 g/mol. The fourth-order valence-corrected chi connectivity index (χ4v) is 3.03. The third kappa shape index (κ3) is 3.87. The number of anilines is 1. The van der Waals surface area contributed by atoms with E-state index in [1.165, 1.54) is 24.3 Å². The van der Waals surface area contributed by atoms with Crippen LogP contribution in [-0.4, -0.2) is 24.5 Å². The molecule has 1 aliphatic carbocycles. The number of carbonyl (C=O) groups excluding carboxylic acids is 2. The van der Waals surface area contributed by atoms with Gasteiger partial charge in [-0.1, -0.05) is 35.9 Å². The summed E-state index contributed by atoms with van der Waals surface area (Å²) >= 11 is 6.02. The number of fused-ring (bicyclic) bond motifs is 1. The number of nitrogens with one attached hydrogen (secondary N) is 1. The van der Waals surface area contributed by atoms with Crippen molar-refractivity contribution in [1.82, 2.24) is 0 Å². The summed E-state index contributed by atoms with van der Waals surface area (Å²) in [6.07, 6.45) is 0. The van der Waals surface area contributed by atoms with E-state index in [2.05, 4.69) is 5.32 Å². The molecule has 2 aromatic carbocycles. The monoisotopic (exact) mass is 386 g/mol. The number of rotatable bonds is 3. The first-order valence-corrected chi connectivity index (χ1v) is 8.53. The van der Waals surface area contributed by atoms with Gasteiger partial charge in [0.1, 0.15) is 10.7 Å². The van der Waals surface area contributed by atoms with Crippen LogP contribution in [0.1, 0.15) is 20.7 Å². The Morgan fingerprint density at radius 1 is 0.880 bits per heavy atom. The normalized spacial score (nSPS) is 14.0. The van der Waals surface area contributed by atoms with Gasteiger partial charge < -0.3 is 5.32 Å². The minimum atomic E-state index is -4.31. The van der Waals surface area contributed by atoms with Crippen LogP contribution >= 0.6 is 11.6 Å². The van der Waals surface area contributed by atoms with Crippen LogP contribution in [0.3, 0.4) is 0 Å². The fraction of sp³-hybridized carbons (Fsp3) is 0. The summed E-state index contributed by atoms with van der Waals surface area (Å²) in [4.78, 5) is 24.5. The maximum atomic E-state index is 12.5. The summed E-state index contributed by atoms with van der Waals surface area (Å²) in [7, 11) is -4.31. The molecule has 3 rings (SSSR count). The van der Waals surface area contributed by atoms with Gasteiger partial charge in [-0.3, -0.25) is 14.1 Å². The number of hydrogen-bond donors (Lipinski definition) is 2. The van der Waals surface area contributed by atoms with Crippen molar-refractivity contribution >= 4 is 39.0 Å². The molecule has 0 saturated heterocycles. The van der Waals surface area contributed by atoms with Crippen LogP contribution in [0.2, 0.25) is 0 Å². The van der Waals surface area contributed by atoms with E-state index >= 15 is 0 Å². The predicted octanol–water partition coefficient (Wildman–Crippen LogP) is -0.121. The number of Topliss-reactive ketones (excluding diaryl/α,β-unsaturated/α-hetero) is 2. The molecule has 1 aliphatic rings. The van der Waals surface area contributed by atoms with Crippen molar-refractivity contribution in [1.29, 1.82) is 0 Å². The van der Waals surface area contributed by atoms with E-state index in [4.69, 9.17) is 16.2 Å². The molecule has 0 saturated carbocycles. The van der Waals surface area contributed by atoms with Crippen molar-refractivity contribution in [3.8, 4) is 0 Å². The molecule has 0 spiro atoms. The second-order valence-electron chi connectivity index (χ2n) is 5.02. The number of allylic oxidation sites excluding steroid dienone is 2. The Labute approximate surface area is 170 Å². The summed E-state index contributed by atoms with van der Waals surface area (Å²) in [6, 6.07) is 11.3. The van der Waals surface area contributed by atoms with Crippen molar-refractivity contribution in [3.05, 3.63) is 70.4 Å². The third-order valence-electron chi connectivity index (χ3n) is 3.48. The maximum Gasteiger partial charge on any atom is 1.00 e. The molecule has 0 unspecified atom stereocenters. The smallest absolute Gasteiger partial charge is 0.351 e. The van der Waals surface area contributed by atoms with Crippen LogP contribution in [0.5, 0.6) is 0 Å². The minimum Gasteiger partial charge on any atom is -0.351 e. The van der Waals surface area contributed by atoms with Crippen molar-refractivity contribution in [2.75, 3.05) is 5.32 Å². The van der Waals surface area contributed by atoms with Gasteiger partial charge in [-0.05, 0) is 24.3 Å². The Bertz CT molecular complexity index is 999. The Balaban J connectivity index is 0.00000225. The second kappa shape index (κ2) is 7.41. The molecule has 9 heteroatoms. The Kier molecular flexibility index (Phi) is 5.88. The summed E-state index contributed by atoms with van der Waals surface area (Å²) in [5.41, 5.74) is 0.736. The van der Waals surface area contributed by atoms with E-state index in [1.807, 2.05) is 0 Å². The first kappa shape index (κ1) is 19.8. The average Bonchev–Trinajstić information content (AvgIpc) is 2.56. The summed E-state index contributed by atoms with van der Waals surface area (Å²) in [6.45, 7) is 0. The minimum absolute atomic E-state index is 0. The van der Waals surface area contributed by atoms with Gasteiger partial charge in [0.05, 0.1) is 4.90 Å². The summed E-state index contributed by atoms with van der Waals surface area (Å²) in [5, 5.41) is 2.49. The zero-order valence-corrected chi connectivity index (χ0v) is 16.6. The molecule has 0 atom stereocenters. The summed E-state index contributed by atoms with van der Waals surface area (Å²) < 4.78 is 31.0. The Morgan fingerprint density at radius 3 is 1.92 bits per heavy atom. The Hall–Kier alpha value is -1.48. The zero-order chi connectivity index (χ0) is 17.5. The molecule has 0 amide bonds.